The molecule has 0 aromatic rings. The number of carbonyl (C=O) groups excluding carboxylic acids is 1. The van der Waals surface area contributed by atoms with Crippen LogP contribution >= 0.6 is 7.80 Å². The average Bonchev–Trinajstić information content (AvgIpc) is 2.74. The Morgan fingerprint density at radius 1 is 0.903 bits per heavy atom. The number of ether oxygens (including phenoxy) is 2. The minimum absolute atomic E-state index is 0.148. The van der Waals surface area contributed by atoms with Crippen molar-refractivity contribution >= 4 is 13.8 Å². The second-order valence-corrected chi connectivity index (χ2v) is 10.2. The largest absolute Gasteiger partial charge is 0.463 e. The van der Waals surface area contributed by atoms with E-state index in [4.69, 9.17) is 9.47 Å². The molecule has 0 aliphatic heterocycles. The Balaban J connectivity index is 4.66. The van der Waals surface area contributed by atoms with E-state index in [1.807, 2.05) is 26.8 Å². The van der Waals surface area contributed by atoms with E-state index in [9.17, 15) is 9.36 Å². The molecule has 0 heterocycles. The number of allylic oxidation sites excluding steroid dienone is 1. The van der Waals surface area contributed by atoms with E-state index in [-0.39, 0.29) is 23.9 Å². The summed E-state index contributed by atoms with van der Waals surface area (Å²) in [6.45, 7) is 16.6. The quantitative estimate of drug-likeness (QED) is 0.0870. The molecule has 0 amide bonds. The molecule has 0 aromatic heterocycles. The minimum atomic E-state index is -1.67. The first kappa shape index (κ1) is 30.2. The van der Waals surface area contributed by atoms with Gasteiger partial charge in [0.15, 0.2) is 6.16 Å². The normalized spacial score (nSPS) is 13.7. The predicted molar refractivity (Wildman–Crippen MR) is 132 cm³/mol. The van der Waals surface area contributed by atoms with E-state index in [0.717, 1.165) is 25.8 Å². The van der Waals surface area contributed by atoms with Crippen molar-refractivity contribution in [1.82, 2.24) is 4.90 Å². The second kappa shape index (κ2) is 19.9. The highest BCUT2D eigenvalue weighted by atomic mass is 31.1. The highest BCUT2D eigenvalue weighted by Gasteiger charge is 2.36. The lowest BCUT2D eigenvalue weighted by Crippen LogP contribution is -2.27. The van der Waals surface area contributed by atoms with Gasteiger partial charge in [0.25, 0.3) is 5.85 Å². The molecule has 0 aliphatic rings. The molecule has 2 unspecified atom stereocenters. The van der Waals surface area contributed by atoms with Crippen molar-refractivity contribution in [3.63, 3.8) is 0 Å². The molecule has 2 atom stereocenters. The fraction of sp³-hybridized carbons (Fsp3) is 0.880. The summed E-state index contributed by atoms with van der Waals surface area (Å²) in [5, 5.41) is 0. The van der Waals surface area contributed by atoms with Crippen LogP contribution in [0.4, 0.5) is 0 Å². The lowest BCUT2D eigenvalue weighted by molar-refractivity contribution is -0.138. The number of hydrogen-bond donors (Lipinski definition) is 0. The van der Waals surface area contributed by atoms with Crippen LogP contribution in [0.2, 0.25) is 0 Å². The van der Waals surface area contributed by atoms with Crippen LogP contribution in [0.15, 0.2) is 11.6 Å². The van der Waals surface area contributed by atoms with Gasteiger partial charge in [0.2, 0.25) is 0 Å². The molecule has 0 saturated carbocycles. The first-order valence-corrected chi connectivity index (χ1v) is 14.1. The molecule has 6 heteroatoms. The Hall–Kier alpha value is -0.770. The topological polar surface area (TPSA) is 55.8 Å². The van der Waals surface area contributed by atoms with Crippen molar-refractivity contribution in [2.24, 2.45) is 5.92 Å². The Morgan fingerprint density at radius 2 is 1.52 bits per heavy atom. The van der Waals surface area contributed by atoms with Crippen LogP contribution in [-0.4, -0.2) is 55.7 Å². The molecule has 0 radical (unpaired) electrons. The molecule has 0 N–H and O–H groups in total. The molecule has 182 valence electrons. The Morgan fingerprint density at radius 3 is 2.03 bits per heavy atom. The third-order valence-corrected chi connectivity index (χ3v) is 7.25. The molecule has 0 fully saturated rings. The van der Waals surface area contributed by atoms with E-state index in [2.05, 4.69) is 18.7 Å². The third kappa shape index (κ3) is 14.8. The fourth-order valence-corrected chi connectivity index (χ4v) is 5.26. The average molecular weight is 459 g/mol. The van der Waals surface area contributed by atoms with Crippen LogP contribution in [0.25, 0.3) is 0 Å². The van der Waals surface area contributed by atoms with Crippen LogP contribution in [0.3, 0.4) is 0 Å². The molecule has 0 aromatic carbocycles. The van der Waals surface area contributed by atoms with Gasteiger partial charge >= 0.3 is 13.8 Å². The maximum Gasteiger partial charge on any atom is 0.375 e. The van der Waals surface area contributed by atoms with Crippen molar-refractivity contribution in [3.05, 3.63) is 11.6 Å². The SMILES string of the molecule is CCCCN(CCCC)CCCCCC=C(C[P+](=O)C(OCC)C(C)C)C(=O)OCC. The van der Waals surface area contributed by atoms with Gasteiger partial charge in [-0.05, 0) is 65.6 Å². The van der Waals surface area contributed by atoms with Crippen LogP contribution in [0, 0.1) is 5.92 Å². The molecule has 0 bridgehead atoms. The zero-order valence-electron chi connectivity index (χ0n) is 21.2. The Labute approximate surface area is 193 Å². The van der Waals surface area contributed by atoms with Crippen LogP contribution in [-0.2, 0) is 18.8 Å². The van der Waals surface area contributed by atoms with E-state index in [1.165, 1.54) is 45.2 Å². The number of carbonyl (C=O) groups is 1. The highest BCUT2D eigenvalue weighted by Crippen LogP contribution is 2.36. The third-order valence-electron chi connectivity index (χ3n) is 5.28. The summed E-state index contributed by atoms with van der Waals surface area (Å²) in [6.07, 6.45) is 11.4. The zero-order chi connectivity index (χ0) is 23.5. The van der Waals surface area contributed by atoms with Crippen molar-refractivity contribution in [2.75, 3.05) is 39.0 Å². The zero-order valence-corrected chi connectivity index (χ0v) is 22.1. The van der Waals surface area contributed by atoms with E-state index in [0.29, 0.717) is 18.8 Å². The van der Waals surface area contributed by atoms with Crippen molar-refractivity contribution in [2.45, 2.75) is 98.8 Å². The summed E-state index contributed by atoms with van der Waals surface area (Å²) in [4.78, 5) is 15.0. The molecule has 31 heavy (non-hydrogen) atoms. The second-order valence-electron chi connectivity index (χ2n) is 8.51. The van der Waals surface area contributed by atoms with Gasteiger partial charge in [0, 0.05) is 12.5 Å². The van der Waals surface area contributed by atoms with Crippen LogP contribution < -0.4 is 0 Å². The Kier molecular flexibility index (Phi) is 19.4. The van der Waals surface area contributed by atoms with Gasteiger partial charge in [-0.15, -0.1) is 0 Å². The van der Waals surface area contributed by atoms with Gasteiger partial charge in [0.1, 0.15) is 0 Å². The van der Waals surface area contributed by atoms with Crippen molar-refractivity contribution in [3.8, 4) is 0 Å². The van der Waals surface area contributed by atoms with Gasteiger partial charge < -0.3 is 14.4 Å². The van der Waals surface area contributed by atoms with Crippen LogP contribution in [0.5, 0.6) is 0 Å². The standard InChI is InChI=1S/C25H49NO4P/c1-7-11-18-26(19-12-8-2)20-16-14-13-15-17-23(24(27)29-9-3)21-31(28)25(22(5)6)30-10-4/h17,22,25H,7-16,18-21H2,1-6H3/q+1. The highest BCUT2D eigenvalue weighted by molar-refractivity contribution is 7.45. The summed E-state index contributed by atoms with van der Waals surface area (Å²) in [6, 6.07) is 0. The molecule has 0 rings (SSSR count). The monoisotopic (exact) mass is 458 g/mol. The van der Waals surface area contributed by atoms with Crippen LogP contribution in [0.1, 0.15) is 92.9 Å². The maximum absolute atomic E-state index is 12.8. The van der Waals surface area contributed by atoms with Gasteiger partial charge in [-0.2, -0.15) is 0 Å². The Bertz CT molecular complexity index is 500. The van der Waals surface area contributed by atoms with Gasteiger partial charge in [0.05, 0.1) is 12.2 Å². The van der Waals surface area contributed by atoms with Crippen molar-refractivity contribution in [1.29, 1.82) is 0 Å². The predicted octanol–water partition coefficient (Wildman–Crippen LogP) is 6.78. The van der Waals surface area contributed by atoms with Gasteiger partial charge in [-0.3, -0.25) is 0 Å². The summed E-state index contributed by atoms with van der Waals surface area (Å²) in [5.41, 5.74) is 0.542. The number of hydrogen-bond acceptors (Lipinski definition) is 5. The summed E-state index contributed by atoms with van der Waals surface area (Å²) >= 11 is 0. The number of nitrogens with zero attached hydrogens (tertiary/aromatic N) is 1. The van der Waals surface area contributed by atoms with Gasteiger partial charge in [-0.25, -0.2) is 4.79 Å². The lowest BCUT2D eigenvalue weighted by atomic mass is 10.1. The molecule has 0 aliphatic carbocycles. The summed E-state index contributed by atoms with van der Waals surface area (Å²) in [7, 11) is -1.67. The number of unbranched alkanes of at least 4 members (excludes halogenated alkanes) is 5. The van der Waals surface area contributed by atoms with E-state index >= 15 is 0 Å². The van der Waals surface area contributed by atoms with Crippen molar-refractivity contribution < 1.29 is 18.8 Å². The molecule has 0 saturated heterocycles. The first-order chi connectivity index (χ1) is 14.9. The molecular formula is C25H49NO4P+. The minimum Gasteiger partial charge on any atom is -0.463 e. The summed E-state index contributed by atoms with van der Waals surface area (Å²) in [5.74, 6) is -0.513. The van der Waals surface area contributed by atoms with E-state index < -0.39 is 7.80 Å². The lowest BCUT2D eigenvalue weighted by Gasteiger charge is -2.21. The summed E-state index contributed by atoms with van der Waals surface area (Å²) < 4.78 is 23.7. The number of esters is 1. The first-order valence-electron chi connectivity index (χ1n) is 12.5. The smallest absolute Gasteiger partial charge is 0.375 e. The fourth-order valence-electron chi connectivity index (χ4n) is 3.50. The number of rotatable bonds is 20. The molecule has 0 spiro atoms. The van der Waals surface area contributed by atoms with E-state index in [1.54, 1.807) is 6.92 Å². The van der Waals surface area contributed by atoms with Gasteiger partial charge in [-0.1, -0.05) is 57.6 Å². The molecular weight excluding hydrogens is 409 g/mol. The maximum atomic E-state index is 12.8. The molecule has 5 nitrogen and oxygen atoms in total.